The van der Waals surface area contributed by atoms with Crippen LogP contribution in [0.3, 0.4) is 0 Å². The summed E-state index contributed by atoms with van der Waals surface area (Å²) in [4.78, 5) is 23.1. The van der Waals surface area contributed by atoms with E-state index >= 15 is 0 Å². The second-order valence-electron chi connectivity index (χ2n) is 4.84. The van der Waals surface area contributed by atoms with Gasteiger partial charge in [-0.3, -0.25) is 4.79 Å². The summed E-state index contributed by atoms with van der Waals surface area (Å²) in [7, 11) is -4.07. The molecule has 1 aromatic carbocycles. The Morgan fingerprint density at radius 3 is 2.15 bits per heavy atom. The first-order valence-electron chi connectivity index (χ1n) is 6.89. The Bertz CT molecular complexity index is 770. The van der Waals surface area contributed by atoms with E-state index < -0.39 is 39.6 Å². The maximum Gasteiger partial charge on any atom is 0.441 e. The number of hydrogen-bond acceptors (Lipinski definition) is 6. The number of carbonyl (C=O) groups is 2. The lowest BCUT2D eigenvalue weighted by Gasteiger charge is -2.35. The van der Waals surface area contributed by atoms with Gasteiger partial charge in [-0.05, 0) is 31.2 Å². The van der Waals surface area contributed by atoms with Crippen molar-refractivity contribution in [3.63, 3.8) is 0 Å². The van der Waals surface area contributed by atoms with Crippen LogP contribution < -0.4 is 15.8 Å². The smallest absolute Gasteiger partial charge is 0.441 e. The van der Waals surface area contributed by atoms with E-state index in [-0.39, 0.29) is 17.2 Å². The average Bonchev–Trinajstić information content (AvgIpc) is 2.52. The van der Waals surface area contributed by atoms with Gasteiger partial charge in [0.15, 0.2) is 0 Å². The number of benzene rings is 1. The number of carbonyl (C=O) groups excluding carboxylic acids is 2. The van der Waals surface area contributed by atoms with Crippen LogP contribution in [0.5, 0.6) is 0 Å². The highest BCUT2D eigenvalue weighted by Crippen LogP contribution is 2.33. The molecule has 1 amide bonds. The van der Waals surface area contributed by atoms with Gasteiger partial charge < -0.3 is 15.4 Å². The van der Waals surface area contributed by atoms with Crippen molar-refractivity contribution < 1.29 is 35.9 Å². The zero-order valence-corrected chi connectivity index (χ0v) is 14.8. The highest BCUT2D eigenvalue weighted by atomic mass is 35.5. The molecule has 0 fully saturated rings. The van der Waals surface area contributed by atoms with Crippen LogP contribution in [0, 0.1) is 0 Å². The number of anilines is 1. The largest absolute Gasteiger partial charge is 0.463 e. The van der Waals surface area contributed by atoms with Crippen molar-refractivity contribution >= 4 is 39.2 Å². The molecule has 13 heteroatoms. The molecule has 1 aromatic rings. The number of amides is 1. The van der Waals surface area contributed by atoms with E-state index in [4.69, 9.17) is 16.7 Å². The fourth-order valence-corrected chi connectivity index (χ4v) is 2.40. The van der Waals surface area contributed by atoms with Crippen LogP contribution in [0.15, 0.2) is 29.2 Å². The van der Waals surface area contributed by atoms with E-state index in [0.717, 1.165) is 24.3 Å². The minimum absolute atomic E-state index is 0.336. The van der Waals surface area contributed by atoms with Gasteiger partial charge in [0.2, 0.25) is 15.9 Å². The molecule has 8 nitrogen and oxygen atoms in total. The number of nitrogens with one attached hydrogen (secondary N) is 2. The number of alkyl halides is 4. The highest BCUT2D eigenvalue weighted by Gasteiger charge is 2.63. The third-order valence-corrected chi connectivity index (χ3v) is 4.14. The Balaban J connectivity index is 3.39. The molecule has 0 heterocycles. The Morgan fingerprint density at radius 1 is 1.23 bits per heavy atom. The summed E-state index contributed by atoms with van der Waals surface area (Å²) >= 11 is 5.22. The molecule has 0 radical (unpaired) electrons. The van der Waals surface area contributed by atoms with E-state index in [1.165, 1.54) is 12.2 Å². The number of halogens is 4. The van der Waals surface area contributed by atoms with E-state index in [2.05, 4.69) is 4.74 Å². The van der Waals surface area contributed by atoms with Gasteiger partial charge in [-0.1, -0.05) is 0 Å². The molecular weight excluding hydrogens is 403 g/mol. The summed E-state index contributed by atoms with van der Waals surface area (Å²) in [6.07, 6.45) is -5.32. The molecular formula is C13H15ClF3N3O5S. The third kappa shape index (κ3) is 4.99. The van der Waals surface area contributed by atoms with Gasteiger partial charge in [0.1, 0.15) is 5.88 Å². The number of sulfonamides is 1. The predicted octanol–water partition coefficient (Wildman–Crippen LogP) is 0.923. The summed E-state index contributed by atoms with van der Waals surface area (Å²) in [6.45, 7) is 0.892. The second-order valence-corrected chi connectivity index (χ2v) is 6.67. The predicted molar refractivity (Wildman–Crippen MR) is 85.7 cm³/mol. The van der Waals surface area contributed by atoms with Gasteiger partial charge in [0, 0.05) is 5.69 Å². The summed E-state index contributed by atoms with van der Waals surface area (Å²) in [6, 6.07) is 3.72. The van der Waals surface area contributed by atoms with Crippen LogP contribution >= 0.6 is 11.6 Å². The Labute approximate surface area is 151 Å². The molecule has 26 heavy (non-hydrogen) atoms. The zero-order valence-electron chi connectivity index (χ0n) is 13.3. The summed E-state index contributed by atoms with van der Waals surface area (Å²) in [5.41, 5.74) is -3.96. The summed E-state index contributed by atoms with van der Waals surface area (Å²) < 4.78 is 67.8. The number of rotatable bonds is 7. The molecule has 0 saturated carbocycles. The quantitative estimate of drug-likeness (QED) is 0.344. The first-order chi connectivity index (χ1) is 11.9. The van der Waals surface area contributed by atoms with Gasteiger partial charge in [-0.15, -0.1) is 11.6 Å². The van der Waals surface area contributed by atoms with E-state index in [1.807, 2.05) is 5.32 Å². The lowest BCUT2D eigenvalue weighted by molar-refractivity contribution is -0.207. The topological polar surface area (TPSA) is 128 Å². The lowest BCUT2D eigenvalue weighted by atomic mass is 10.1. The molecule has 0 spiro atoms. The summed E-state index contributed by atoms with van der Waals surface area (Å²) in [5.74, 6) is -3.95. The van der Waals surface area contributed by atoms with Crippen LogP contribution in [0.4, 0.5) is 18.9 Å². The fourth-order valence-electron chi connectivity index (χ4n) is 1.82. The van der Waals surface area contributed by atoms with Crippen LogP contribution in [-0.2, 0) is 24.3 Å². The second kappa shape index (κ2) is 8.10. The van der Waals surface area contributed by atoms with Crippen molar-refractivity contribution in [1.29, 1.82) is 0 Å². The van der Waals surface area contributed by atoms with Crippen LogP contribution in [0.1, 0.15) is 6.92 Å². The maximum absolute atomic E-state index is 13.7. The Morgan fingerprint density at radius 2 is 1.77 bits per heavy atom. The third-order valence-electron chi connectivity index (χ3n) is 2.97. The Kier molecular flexibility index (Phi) is 6.85. The van der Waals surface area contributed by atoms with Crippen molar-refractivity contribution in [2.75, 3.05) is 17.8 Å². The molecule has 1 rings (SSSR count). The van der Waals surface area contributed by atoms with Gasteiger partial charge in [-0.25, -0.2) is 18.4 Å². The molecule has 146 valence electrons. The molecule has 1 atom stereocenters. The molecule has 0 aliphatic heterocycles. The van der Waals surface area contributed by atoms with Crippen molar-refractivity contribution in [2.45, 2.75) is 23.7 Å². The molecule has 0 saturated heterocycles. The highest BCUT2D eigenvalue weighted by molar-refractivity contribution is 7.89. The van der Waals surface area contributed by atoms with E-state index in [0.29, 0.717) is 0 Å². The number of primary sulfonamides is 1. The van der Waals surface area contributed by atoms with Crippen molar-refractivity contribution in [3.8, 4) is 0 Å². The monoisotopic (exact) mass is 417 g/mol. The van der Waals surface area contributed by atoms with E-state index in [1.54, 1.807) is 0 Å². The van der Waals surface area contributed by atoms with Crippen LogP contribution in [0.25, 0.3) is 0 Å². The molecule has 0 bridgehead atoms. The molecule has 0 aromatic heterocycles. The number of esters is 1. The van der Waals surface area contributed by atoms with Crippen molar-refractivity contribution in [1.82, 2.24) is 5.32 Å². The Hall–Kier alpha value is -2.05. The number of nitrogens with two attached hydrogens (primary N) is 1. The normalized spacial score (nSPS) is 14.2. The minimum Gasteiger partial charge on any atom is -0.463 e. The van der Waals surface area contributed by atoms with Gasteiger partial charge in [-0.2, -0.15) is 13.2 Å². The lowest BCUT2D eigenvalue weighted by Crippen LogP contribution is -2.69. The SMILES string of the molecule is CCOC(=O)[C@](NC(=O)CCl)(Nc1ccc(S(N)(=O)=O)cc1)C(F)(F)F. The molecule has 0 aliphatic rings. The average molecular weight is 418 g/mol. The van der Waals surface area contributed by atoms with Crippen molar-refractivity contribution in [2.24, 2.45) is 5.14 Å². The van der Waals surface area contributed by atoms with Gasteiger partial charge in [0.25, 0.3) is 0 Å². The number of hydrogen-bond donors (Lipinski definition) is 3. The van der Waals surface area contributed by atoms with E-state index in [9.17, 15) is 31.2 Å². The molecule has 4 N–H and O–H groups in total. The van der Waals surface area contributed by atoms with Gasteiger partial charge in [0.05, 0.1) is 11.5 Å². The molecule has 0 unspecified atom stereocenters. The first kappa shape index (κ1) is 22.0. The minimum atomic E-state index is -5.32. The fraction of sp³-hybridized carbons (Fsp3) is 0.385. The maximum atomic E-state index is 13.7. The van der Waals surface area contributed by atoms with Crippen LogP contribution in [0.2, 0.25) is 0 Å². The number of ether oxygens (including phenoxy) is 1. The first-order valence-corrected chi connectivity index (χ1v) is 8.97. The van der Waals surface area contributed by atoms with Crippen molar-refractivity contribution in [3.05, 3.63) is 24.3 Å². The standard InChI is InChI=1S/C13H15ClF3N3O5S/c1-2-25-11(22)12(13(15,16)17,20-10(21)7-14)19-8-3-5-9(6-4-8)26(18,23)24/h3-6,19H,2,7H2,1H3,(H,20,21)(H2,18,23,24)/t12-/m1/s1. The van der Waals surface area contributed by atoms with Gasteiger partial charge >= 0.3 is 17.8 Å². The summed E-state index contributed by atoms with van der Waals surface area (Å²) in [5, 5.41) is 8.21. The van der Waals surface area contributed by atoms with Crippen LogP contribution in [-0.4, -0.2) is 44.6 Å². The zero-order chi connectivity index (χ0) is 20.2. The molecule has 0 aliphatic carbocycles.